The van der Waals surface area contributed by atoms with Crippen LogP contribution in [0.4, 0.5) is 10.1 Å². The van der Waals surface area contributed by atoms with E-state index in [1.165, 1.54) is 35.6 Å². The third-order valence-corrected chi connectivity index (χ3v) is 7.05. The monoisotopic (exact) mass is 533 g/mol. The van der Waals surface area contributed by atoms with Gasteiger partial charge in [-0.3, -0.25) is 19.4 Å². The van der Waals surface area contributed by atoms with Gasteiger partial charge in [0.2, 0.25) is 5.91 Å². The van der Waals surface area contributed by atoms with Gasteiger partial charge in [0.1, 0.15) is 11.5 Å². The second-order valence-electron chi connectivity index (χ2n) is 9.61. The number of hydrogen-bond donors (Lipinski definition) is 3. The number of nitrogens with one attached hydrogen (secondary N) is 1. The van der Waals surface area contributed by atoms with Crippen LogP contribution in [0, 0.1) is 11.2 Å². The number of nitrogens with two attached hydrogens (primary N) is 2. The molecule has 2 heterocycles. The molecule has 3 aromatic rings. The Kier molecular flexibility index (Phi) is 7.72. The molecule has 0 bridgehead atoms. The number of thiophene rings is 1. The fraction of sp³-hybridized carbons (Fsp3) is 0.214. The maximum absolute atomic E-state index is 13.4. The van der Waals surface area contributed by atoms with Crippen molar-refractivity contribution in [3.63, 3.8) is 0 Å². The van der Waals surface area contributed by atoms with Gasteiger partial charge >= 0.3 is 0 Å². The molecule has 3 amide bonds. The molecule has 0 saturated carbocycles. The molecule has 1 aromatic heterocycles. The number of amides is 3. The molecule has 0 atom stereocenters. The highest BCUT2D eigenvalue weighted by molar-refractivity contribution is 7.12. The van der Waals surface area contributed by atoms with E-state index < -0.39 is 17.2 Å². The summed E-state index contributed by atoms with van der Waals surface area (Å²) >= 11 is 1.34. The number of likely N-dealkylation sites (tertiary alicyclic amines) is 1. The van der Waals surface area contributed by atoms with Crippen molar-refractivity contribution >= 4 is 40.5 Å². The first-order chi connectivity index (χ1) is 18.0. The van der Waals surface area contributed by atoms with Crippen molar-refractivity contribution in [2.24, 2.45) is 21.9 Å². The van der Waals surface area contributed by atoms with E-state index in [0.29, 0.717) is 28.4 Å². The van der Waals surface area contributed by atoms with Crippen LogP contribution in [-0.2, 0) is 11.3 Å². The Bertz CT molecular complexity index is 1430. The average molecular weight is 534 g/mol. The predicted molar refractivity (Wildman–Crippen MR) is 146 cm³/mol. The highest BCUT2D eigenvalue weighted by atomic mass is 32.1. The molecule has 0 aliphatic carbocycles. The zero-order valence-electron chi connectivity index (χ0n) is 21.0. The Balaban J connectivity index is 1.71. The Morgan fingerprint density at radius 1 is 1.08 bits per heavy atom. The SMILES string of the molecule is CC1(C)CN(C(=O)c2cccs2)CC(=C(N)C(=O)Nc2cccc(C(N)=O)c2)C1=NCc1ccc(F)cc1. The number of carbonyl (C=O) groups excluding carboxylic acids is 3. The summed E-state index contributed by atoms with van der Waals surface area (Å²) in [6.07, 6.45) is 0. The molecule has 196 valence electrons. The average Bonchev–Trinajstić information content (AvgIpc) is 3.42. The Morgan fingerprint density at radius 2 is 1.82 bits per heavy atom. The highest BCUT2D eigenvalue weighted by Gasteiger charge is 2.40. The predicted octanol–water partition coefficient (Wildman–Crippen LogP) is 3.96. The van der Waals surface area contributed by atoms with E-state index >= 15 is 0 Å². The van der Waals surface area contributed by atoms with Gasteiger partial charge in [-0.25, -0.2) is 4.39 Å². The summed E-state index contributed by atoms with van der Waals surface area (Å²) in [6, 6.07) is 15.8. The number of hydrogen-bond acceptors (Lipinski definition) is 6. The Morgan fingerprint density at radius 3 is 2.47 bits per heavy atom. The van der Waals surface area contributed by atoms with Crippen LogP contribution in [0.5, 0.6) is 0 Å². The van der Waals surface area contributed by atoms with Crippen LogP contribution in [-0.4, -0.2) is 41.4 Å². The van der Waals surface area contributed by atoms with E-state index in [1.54, 1.807) is 41.3 Å². The molecule has 5 N–H and O–H groups in total. The van der Waals surface area contributed by atoms with Crippen LogP contribution in [0.25, 0.3) is 0 Å². The lowest BCUT2D eigenvalue weighted by atomic mass is 9.78. The molecular formula is C28H28FN5O3S. The van der Waals surface area contributed by atoms with Crippen molar-refractivity contribution in [1.82, 2.24) is 4.90 Å². The lowest BCUT2D eigenvalue weighted by molar-refractivity contribution is -0.113. The summed E-state index contributed by atoms with van der Waals surface area (Å²) in [5.41, 5.74) is 13.4. The first kappa shape index (κ1) is 26.7. The van der Waals surface area contributed by atoms with Gasteiger partial charge in [0, 0.05) is 34.5 Å². The molecule has 1 aliphatic heterocycles. The van der Waals surface area contributed by atoms with Crippen LogP contribution in [0.1, 0.15) is 39.4 Å². The summed E-state index contributed by atoms with van der Waals surface area (Å²) in [4.78, 5) is 45.1. The molecule has 4 rings (SSSR count). The molecule has 10 heteroatoms. The number of benzene rings is 2. The van der Waals surface area contributed by atoms with Crippen molar-refractivity contribution in [2.75, 3.05) is 18.4 Å². The first-order valence-electron chi connectivity index (χ1n) is 11.9. The summed E-state index contributed by atoms with van der Waals surface area (Å²) in [5, 5.41) is 4.54. The third-order valence-electron chi connectivity index (χ3n) is 6.19. The topological polar surface area (TPSA) is 131 Å². The normalized spacial score (nSPS) is 17.2. The van der Waals surface area contributed by atoms with Gasteiger partial charge in [-0.1, -0.05) is 38.1 Å². The van der Waals surface area contributed by atoms with Crippen LogP contribution in [0.2, 0.25) is 0 Å². The van der Waals surface area contributed by atoms with Gasteiger partial charge < -0.3 is 21.7 Å². The number of carbonyl (C=O) groups is 3. The smallest absolute Gasteiger partial charge is 0.271 e. The van der Waals surface area contributed by atoms with Crippen LogP contribution < -0.4 is 16.8 Å². The van der Waals surface area contributed by atoms with Crippen molar-refractivity contribution in [3.8, 4) is 0 Å². The fourth-order valence-electron chi connectivity index (χ4n) is 4.35. The van der Waals surface area contributed by atoms with Crippen LogP contribution in [0.15, 0.2) is 82.3 Å². The Labute approximate surface area is 223 Å². The van der Waals surface area contributed by atoms with Gasteiger partial charge in [0.15, 0.2) is 0 Å². The standard InChI is InChI=1S/C28H28FN5O3S/c1-28(2)16-34(27(37)22-7-4-12-38-22)15-21(24(28)32-14-17-8-10-19(29)11-9-17)23(30)26(36)33-20-6-3-5-18(13-20)25(31)35/h3-13H,14-16,30H2,1-2H3,(H2,31,35)(H,33,36). The van der Waals surface area contributed by atoms with Gasteiger partial charge in [0.05, 0.1) is 18.0 Å². The van der Waals surface area contributed by atoms with E-state index in [0.717, 1.165) is 5.56 Å². The Hall–Kier alpha value is -4.31. The fourth-order valence-corrected chi connectivity index (χ4v) is 5.04. The maximum atomic E-state index is 13.4. The molecule has 1 aliphatic rings. The minimum Gasteiger partial charge on any atom is -0.394 e. The van der Waals surface area contributed by atoms with Crippen molar-refractivity contribution in [2.45, 2.75) is 20.4 Å². The summed E-state index contributed by atoms with van der Waals surface area (Å²) in [6.45, 7) is 4.57. The van der Waals surface area contributed by atoms with Gasteiger partial charge in [0.25, 0.3) is 11.8 Å². The van der Waals surface area contributed by atoms with E-state index in [9.17, 15) is 18.8 Å². The number of rotatable bonds is 6. The molecule has 0 spiro atoms. The first-order valence-corrected chi connectivity index (χ1v) is 12.8. The number of halogens is 1. The molecule has 1 fully saturated rings. The second kappa shape index (κ2) is 11.0. The van der Waals surface area contributed by atoms with Crippen molar-refractivity contribution in [1.29, 1.82) is 0 Å². The lowest BCUT2D eigenvalue weighted by Crippen LogP contribution is -2.51. The summed E-state index contributed by atoms with van der Waals surface area (Å²) < 4.78 is 13.4. The molecule has 2 aromatic carbocycles. The second-order valence-corrected chi connectivity index (χ2v) is 10.6. The quantitative estimate of drug-likeness (QED) is 0.414. The molecule has 38 heavy (non-hydrogen) atoms. The minimum atomic E-state index is -0.642. The molecule has 8 nitrogen and oxygen atoms in total. The molecule has 0 unspecified atom stereocenters. The maximum Gasteiger partial charge on any atom is 0.271 e. The van der Waals surface area contributed by atoms with E-state index in [-0.39, 0.29) is 36.1 Å². The number of aliphatic imine (C=N–C) groups is 1. The third kappa shape index (κ3) is 5.97. The zero-order valence-corrected chi connectivity index (χ0v) is 21.8. The number of primary amides is 1. The van der Waals surface area contributed by atoms with Crippen LogP contribution >= 0.6 is 11.3 Å². The van der Waals surface area contributed by atoms with Crippen molar-refractivity contribution < 1.29 is 18.8 Å². The van der Waals surface area contributed by atoms with E-state index in [4.69, 9.17) is 16.5 Å². The van der Waals surface area contributed by atoms with Gasteiger partial charge in [-0.05, 0) is 47.3 Å². The minimum absolute atomic E-state index is 0.0863. The number of piperidine rings is 1. The number of anilines is 1. The largest absolute Gasteiger partial charge is 0.394 e. The molecular weight excluding hydrogens is 505 g/mol. The molecule has 0 radical (unpaired) electrons. The number of nitrogens with zero attached hydrogens (tertiary/aromatic N) is 2. The van der Waals surface area contributed by atoms with Gasteiger partial charge in [-0.2, -0.15) is 0 Å². The van der Waals surface area contributed by atoms with Crippen LogP contribution in [0.3, 0.4) is 0 Å². The van der Waals surface area contributed by atoms with E-state index in [1.807, 2.05) is 19.2 Å². The lowest BCUT2D eigenvalue weighted by Gasteiger charge is -2.41. The van der Waals surface area contributed by atoms with Gasteiger partial charge in [-0.15, -0.1) is 11.3 Å². The van der Waals surface area contributed by atoms with E-state index in [2.05, 4.69) is 5.32 Å². The summed E-state index contributed by atoms with van der Waals surface area (Å²) in [7, 11) is 0. The van der Waals surface area contributed by atoms with Crippen molar-refractivity contribution in [3.05, 3.63) is 99.1 Å². The summed E-state index contributed by atoms with van der Waals surface area (Å²) in [5.74, 6) is -1.73. The highest BCUT2D eigenvalue weighted by Crippen LogP contribution is 2.33. The molecule has 1 saturated heterocycles. The zero-order chi connectivity index (χ0) is 27.4.